The van der Waals surface area contributed by atoms with Gasteiger partial charge >= 0.3 is 6.18 Å². The molecule has 1 atom stereocenters. The highest BCUT2D eigenvalue weighted by Crippen LogP contribution is 2.38. The predicted molar refractivity (Wildman–Crippen MR) is 100 cm³/mol. The van der Waals surface area contributed by atoms with Crippen molar-refractivity contribution < 1.29 is 13.2 Å². The number of alkyl halides is 3. The molecular weight excluding hydrogens is 357 g/mol. The molecule has 1 fully saturated rings. The van der Waals surface area contributed by atoms with Gasteiger partial charge in [-0.2, -0.15) is 13.2 Å². The van der Waals surface area contributed by atoms with E-state index in [0.29, 0.717) is 18.8 Å². The summed E-state index contributed by atoms with van der Waals surface area (Å²) in [6.45, 7) is 3.45. The highest BCUT2D eigenvalue weighted by atomic mass is 19.4. The zero-order valence-electron chi connectivity index (χ0n) is 15.1. The second-order valence-corrected chi connectivity index (χ2v) is 6.81. The van der Waals surface area contributed by atoms with Crippen molar-refractivity contribution in [2.24, 2.45) is 5.73 Å². The van der Waals surface area contributed by atoms with E-state index in [9.17, 15) is 13.2 Å². The van der Waals surface area contributed by atoms with Gasteiger partial charge in [-0.05, 0) is 25.0 Å². The van der Waals surface area contributed by atoms with Crippen molar-refractivity contribution in [2.75, 3.05) is 29.5 Å². The minimum absolute atomic E-state index is 0.0687. The van der Waals surface area contributed by atoms with Crippen molar-refractivity contribution >= 4 is 17.2 Å². The van der Waals surface area contributed by atoms with Crippen LogP contribution in [0.15, 0.2) is 18.2 Å². The molecule has 1 unspecified atom stereocenters. The molecule has 146 valence electrons. The summed E-state index contributed by atoms with van der Waals surface area (Å²) in [4.78, 5) is 11.1. The topological polar surface area (TPSA) is 107 Å². The van der Waals surface area contributed by atoms with Gasteiger partial charge in [0.25, 0.3) is 0 Å². The van der Waals surface area contributed by atoms with E-state index in [1.165, 1.54) is 0 Å². The minimum atomic E-state index is -4.53. The largest absolute Gasteiger partial charge is 0.416 e. The summed E-state index contributed by atoms with van der Waals surface area (Å²) in [7, 11) is 0. The monoisotopic (exact) mass is 380 g/mol. The number of halogens is 3. The molecule has 9 heteroatoms. The molecule has 0 saturated carbocycles. The van der Waals surface area contributed by atoms with Gasteiger partial charge in [0, 0.05) is 42.3 Å². The average Bonchev–Trinajstić information content (AvgIpc) is 3.00. The van der Waals surface area contributed by atoms with E-state index in [-0.39, 0.29) is 28.8 Å². The molecular formula is C18H23F3N6. The number of nitrogen functional groups attached to an aromatic ring is 2. The van der Waals surface area contributed by atoms with E-state index in [1.807, 2.05) is 17.9 Å². The second-order valence-electron chi connectivity index (χ2n) is 6.81. The van der Waals surface area contributed by atoms with E-state index in [1.54, 1.807) is 0 Å². The highest BCUT2D eigenvalue weighted by Gasteiger charge is 2.32. The average molecular weight is 380 g/mol. The van der Waals surface area contributed by atoms with Gasteiger partial charge in [-0.1, -0.05) is 13.3 Å². The van der Waals surface area contributed by atoms with Crippen LogP contribution in [0, 0.1) is 0 Å². The summed E-state index contributed by atoms with van der Waals surface area (Å²) in [5, 5.41) is 0. The van der Waals surface area contributed by atoms with Crippen LogP contribution in [0.5, 0.6) is 0 Å². The van der Waals surface area contributed by atoms with Gasteiger partial charge in [0.2, 0.25) is 0 Å². The Labute approximate surface area is 155 Å². The fraction of sp³-hybridized carbons (Fsp3) is 0.444. The van der Waals surface area contributed by atoms with Crippen molar-refractivity contribution in [3.05, 3.63) is 29.5 Å². The molecule has 1 aliphatic rings. The van der Waals surface area contributed by atoms with E-state index < -0.39 is 11.7 Å². The third-order valence-electron chi connectivity index (χ3n) is 4.57. The Hall–Kier alpha value is -2.55. The first-order valence-corrected chi connectivity index (χ1v) is 8.84. The Morgan fingerprint density at radius 1 is 1.15 bits per heavy atom. The van der Waals surface area contributed by atoms with Crippen molar-refractivity contribution in [3.63, 3.8) is 0 Å². The third-order valence-corrected chi connectivity index (χ3v) is 4.57. The number of hydrogen-bond donors (Lipinski definition) is 3. The van der Waals surface area contributed by atoms with Crippen LogP contribution in [0.25, 0.3) is 11.4 Å². The molecule has 0 aliphatic carbocycles. The lowest BCUT2D eigenvalue weighted by molar-refractivity contribution is -0.137. The number of rotatable bonds is 4. The summed E-state index contributed by atoms with van der Waals surface area (Å²) < 4.78 is 39.0. The second kappa shape index (κ2) is 7.22. The fourth-order valence-electron chi connectivity index (χ4n) is 3.25. The van der Waals surface area contributed by atoms with Crippen LogP contribution in [0.3, 0.4) is 0 Å². The molecule has 27 heavy (non-hydrogen) atoms. The van der Waals surface area contributed by atoms with E-state index in [0.717, 1.165) is 37.2 Å². The highest BCUT2D eigenvalue weighted by molar-refractivity contribution is 5.84. The molecule has 1 saturated heterocycles. The molecule has 1 aromatic heterocycles. The number of aromatic nitrogens is 2. The number of aryl methyl sites for hydroxylation is 1. The van der Waals surface area contributed by atoms with Crippen molar-refractivity contribution in [1.82, 2.24) is 9.97 Å². The van der Waals surface area contributed by atoms with Gasteiger partial charge < -0.3 is 22.1 Å². The zero-order chi connectivity index (χ0) is 19.8. The Morgan fingerprint density at radius 2 is 1.81 bits per heavy atom. The van der Waals surface area contributed by atoms with Gasteiger partial charge in [-0.15, -0.1) is 0 Å². The molecule has 1 aromatic carbocycles. The summed E-state index contributed by atoms with van der Waals surface area (Å²) in [5.74, 6) is 0.926. The molecule has 6 N–H and O–H groups in total. The van der Waals surface area contributed by atoms with Gasteiger partial charge in [0.15, 0.2) is 5.82 Å². The van der Waals surface area contributed by atoms with Crippen LogP contribution in [0.2, 0.25) is 0 Å². The van der Waals surface area contributed by atoms with Crippen LogP contribution >= 0.6 is 0 Å². The Morgan fingerprint density at radius 3 is 2.33 bits per heavy atom. The van der Waals surface area contributed by atoms with Gasteiger partial charge in [0.1, 0.15) is 5.82 Å². The van der Waals surface area contributed by atoms with Gasteiger partial charge in [0.05, 0.1) is 11.1 Å². The zero-order valence-corrected chi connectivity index (χ0v) is 15.1. The Kier molecular flexibility index (Phi) is 5.14. The van der Waals surface area contributed by atoms with Crippen molar-refractivity contribution in [3.8, 4) is 11.4 Å². The summed E-state index contributed by atoms with van der Waals surface area (Å²) >= 11 is 0. The molecule has 0 amide bonds. The normalized spacial score (nSPS) is 17.5. The molecule has 2 aromatic rings. The lowest BCUT2D eigenvalue weighted by Gasteiger charge is -2.20. The van der Waals surface area contributed by atoms with E-state index in [4.69, 9.17) is 17.2 Å². The first kappa shape index (κ1) is 19.2. The van der Waals surface area contributed by atoms with Crippen molar-refractivity contribution in [1.29, 1.82) is 0 Å². The summed E-state index contributed by atoms with van der Waals surface area (Å²) in [6, 6.07) is 3.70. The quantitative estimate of drug-likeness (QED) is 0.704. The number of nitrogens with two attached hydrogens (primary N) is 3. The first-order chi connectivity index (χ1) is 12.7. The number of benzene rings is 1. The van der Waals surface area contributed by atoms with Gasteiger partial charge in [-0.25, -0.2) is 9.97 Å². The SMILES string of the molecule is CCCc1cc(N2CCC(N)C2)nc(-c2c(N)cc(C(F)(F)F)cc2N)n1. The Balaban J connectivity index is 2.09. The molecule has 0 bridgehead atoms. The maximum Gasteiger partial charge on any atom is 0.416 e. The lowest BCUT2D eigenvalue weighted by Crippen LogP contribution is -2.27. The molecule has 2 heterocycles. The third kappa shape index (κ3) is 4.08. The Bertz CT molecular complexity index is 813. The minimum Gasteiger partial charge on any atom is -0.398 e. The van der Waals surface area contributed by atoms with Crippen LogP contribution < -0.4 is 22.1 Å². The maximum absolute atomic E-state index is 13.0. The number of hydrogen-bond acceptors (Lipinski definition) is 6. The summed E-state index contributed by atoms with van der Waals surface area (Å²) in [6.07, 6.45) is -2.09. The van der Waals surface area contributed by atoms with Crippen LogP contribution in [-0.2, 0) is 12.6 Å². The number of anilines is 3. The molecule has 0 radical (unpaired) electrons. The molecule has 3 rings (SSSR count). The maximum atomic E-state index is 13.0. The fourth-order valence-corrected chi connectivity index (χ4v) is 3.25. The van der Waals surface area contributed by atoms with Crippen LogP contribution in [0.1, 0.15) is 31.0 Å². The van der Waals surface area contributed by atoms with E-state index in [2.05, 4.69) is 9.97 Å². The van der Waals surface area contributed by atoms with Gasteiger partial charge in [-0.3, -0.25) is 0 Å². The van der Waals surface area contributed by atoms with E-state index >= 15 is 0 Å². The lowest BCUT2D eigenvalue weighted by atomic mass is 10.0. The summed E-state index contributed by atoms with van der Waals surface area (Å²) in [5.41, 5.74) is 17.7. The molecule has 6 nitrogen and oxygen atoms in total. The molecule has 1 aliphatic heterocycles. The smallest absolute Gasteiger partial charge is 0.398 e. The van der Waals surface area contributed by atoms with Crippen LogP contribution in [0.4, 0.5) is 30.4 Å². The number of nitrogens with zero attached hydrogens (tertiary/aromatic N) is 3. The van der Waals surface area contributed by atoms with Crippen molar-refractivity contribution in [2.45, 2.75) is 38.4 Å². The predicted octanol–water partition coefficient (Wildman–Crippen LogP) is 2.82. The molecule has 0 spiro atoms. The van der Waals surface area contributed by atoms with Crippen LogP contribution in [-0.4, -0.2) is 29.1 Å². The standard InChI is InChI=1S/C18H23F3N6/c1-2-3-12-8-15(27-5-4-11(22)9-27)26-17(25-12)16-13(23)6-10(7-14(16)24)18(19,20)21/h6-8,11H,2-5,9,22-24H2,1H3. The first-order valence-electron chi connectivity index (χ1n) is 8.84.